The van der Waals surface area contributed by atoms with Gasteiger partial charge in [-0.25, -0.2) is 18.7 Å². The normalized spacial score (nSPS) is 16.1. The molecular weight excluding hydrogens is 505 g/mol. The zero-order valence-electron chi connectivity index (χ0n) is 18.3. The van der Waals surface area contributed by atoms with Gasteiger partial charge in [-0.1, -0.05) is 24.3 Å². The molecule has 9 nitrogen and oxygen atoms in total. The van der Waals surface area contributed by atoms with Crippen LogP contribution in [0.5, 0.6) is 17.2 Å². The number of nitrogens with one attached hydrogen (secondary N) is 1. The predicted molar refractivity (Wildman–Crippen MR) is 118 cm³/mol. The van der Waals surface area contributed by atoms with Crippen molar-refractivity contribution in [2.24, 2.45) is 0 Å². The smallest absolute Gasteiger partial charge is 0.457 e. The molecule has 1 amide bonds. The Hall–Kier alpha value is -3.81. The average molecular weight is 524 g/mol. The summed E-state index contributed by atoms with van der Waals surface area (Å²) in [7, 11) is -4.15. The fourth-order valence-electron chi connectivity index (χ4n) is 3.66. The Bertz CT molecular complexity index is 1330. The van der Waals surface area contributed by atoms with Gasteiger partial charge in [-0.05, 0) is 60.5 Å². The second-order valence-corrected chi connectivity index (χ2v) is 9.42. The average Bonchev–Trinajstić information content (AvgIpc) is 2.84. The van der Waals surface area contributed by atoms with Crippen LogP contribution in [0, 0.1) is 0 Å². The lowest BCUT2D eigenvalue weighted by molar-refractivity contribution is -0.274. The molecule has 0 aromatic heterocycles. The maximum Gasteiger partial charge on any atom is 0.573 e. The van der Waals surface area contributed by atoms with Crippen LogP contribution in [0.15, 0.2) is 77.7 Å². The molecule has 36 heavy (non-hydrogen) atoms. The molecule has 3 aromatic carbocycles. The van der Waals surface area contributed by atoms with Gasteiger partial charge in [-0.3, -0.25) is 5.21 Å². The zero-order valence-corrected chi connectivity index (χ0v) is 19.1. The van der Waals surface area contributed by atoms with E-state index >= 15 is 0 Å². The van der Waals surface area contributed by atoms with E-state index in [0.717, 1.165) is 22.0 Å². The van der Waals surface area contributed by atoms with Crippen molar-refractivity contribution < 1.29 is 45.8 Å². The van der Waals surface area contributed by atoms with Gasteiger partial charge in [0.1, 0.15) is 17.2 Å². The molecule has 0 unspecified atom stereocenters. The van der Waals surface area contributed by atoms with Gasteiger partial charge >= 0.3 is 12.5 Å². The van der Waals surface area contributed by atoms with Crippen LogP contribution in [-0.4, -0.2) is 36.9 Å². The van der Waals surface area contributed by atoms with Gasteiger partial charge in [-0.2, -0.15) is 4.31 Å². The SMILES string of the molecule is O=C(NO)O[C@@H]1c2ccccc2CCN1S(=O)(=O)c1ccc(Oc2ccc(OC(F)(F)F)cc2)cc1. The molecule has 1 aliphatic heterocycles. The van der Waals surface area contributed by atoms with Gasteiger partial charge in [0.15, 0.2) is 6.23 Å². The molecule has 0 radical (unpaired) electrons. The zero-order chi connectivity index (χ0) is 25.9. The highest BCUT2D eigenvalue weighted by Crippen LogP contribution is 2.36. The van der Waals surface area contributed by atoms with Crippen molar-refractivity contribution in [2.75, 3.05) is 6.54 Å². The number of hydrogen-bond donors (Lipinski definition) is 2. The third-order valence-corrected chi connectivity index (χ3v) is 7.08. The number of sulfonamides is 1. The molecule has 13 heteroatoms. The number of carbonyl (C=O) groups excluding carboxylic acids is 1. The highest BCUT2D eigenvalue weighted by Gasteiger charge is 2.39. The summed E-state index contributed by atoms with van der Waals surface area (Å²) in [5.41, 5.74) is 2.60. The first kappa shape index (κ1) is 25.3. The largest absolute Gasteiger partial charge is 0.573 e. The quantitative estimate of drug-likeness (QED) is 0.354. The first-order valence-corrected chi connectivity index (χ1v) is 11.8. The number of halogens is 3. The van der Waals surface area contributed by atoms with Crippen molar-refractivity contribution in [1.82, 2.24) is 9.79 Å². The lowest BCUT2D eigenvalue weighted by Crippen LogP contribution is -2.43. The van der Waals surface area contributed by atoms with E-state index in [2.05, 4.69) is 4.74 Å². The Morgan fingerprint density at radius 3 is 2.14 bits per heavy atom. The minimum atomic E-state index is -4.81. The second-order valence-electron chi connectivity index (χ2n) is 7.53. The molecule has 0 spiro atoms. The Kier molecular flexibility index (Phi) is 7.06. The van der Waals surface area contributed by atoms with Crippen LogP contribution in [0.1, 0.15) is 17.4 Å². The molecule has 0 aliphatic carbocycles. The number of fused-ring (bicyclic) bond motifs is 1. The van der Waals surface area contributed by atoms with Crippen LogP contribution < -0.4 is 15.0 Å². The van der Waals surface area contributed by atoms with Gasteiger partial charge < -0.3 is 14.2 Å². The number of rotatable bonds is 6. The Morgan fingerprint density at radius 1 is 0.944 bits per heavy atom. The summed E-state index contributed by atoms with van der Waals surface area (Å²) in [4.78, 5) is 11.6. The Balaban J connectivity index is 1.53. The van der Waals surface area contributed by atoms with Crippen molar-refractivity contribution in [1.29, 1.82) is 0 Å². The third kappa shape index (κ3) is 5.70. The summed E-state index contributed by atoms with van der Waals surface area (Å²) in [6.45, 7) is 0.0211. The minimum Gasteiger partial charge on any atom is -0.457 e. The number of ether oxygens (including phenoxy) is 3. The van der Waals surface area contributed by atoms with Crippen molar-refractivity contribution in [2.45, 2.75) is 23.9 Å². The Morgan fingerprint density at radius 2 is 1.53 bits per heavy atom. The fourth-order valence-corrected chi connectivity index (χ4v) is 5.15. The number of benzene rings is 3. The van der Waals surface area contributed by atoms with Crippen LogP contribution in [0.2, 0.25) is 0 Å². The maximum atomic E-state index is 13.4. The molecular formula is C23H19F3N2O7S. The van der Waals surface area contributed by atoms with E-state index in [0.29, 0.717) is 12.0 Å². The second kappa shape index (κ2) is 10.0. The van der Waals surface area contributed by atoms with Crippen LogP contribution in [0.25, 0.3) is 0 Å². The molecule has 0 saturated heterocycles. The van der Waals surface area contributed by atoms with Crippen LogP contribution in [0.3, 0.4) is 0 Å². The van der Waals surface area contributed by atoms with Gasteiger partial charge in [0.25, 0.3) is 0 Å². The van der Waals surface area contributed by atoms with Crippen LogP contribution in [0.4, 0.5) is 18.0 Å². The van der Waals surface area contributed by atoms with Gasteiger partial charge in [-0.15, -0.1) is 13.2 Å². The van der Waals surface area contributed by atoms with Crippen molar-refractivity contribution in [3.8, 4) is 17.2 Å². The standard InChI is InChI=1S/C23H19F3N2O7S/c24-23(25,26)35-18-7-5-16(6-8-18)33-17-9-11-19(12-10-17)36(31,32)28-14-13-15-3-1-2-4-20(15)21(28)34-22(29)27-30/h1-12,21,30H,13-14H2,(H,27,29)/t21-/m1/s1. The number of hydroxylamine groups is 1. The van der Waals surface area contributed by atoms with Gasteiger partial charge in [0, 0.05) is 12.1 Å². The fraction of sp³-hybridized carbons (Fsp3) is 0.174. The predicted octanol–water partition coefficient (Wildman–Crippen LogP) is 4.74. The van der Waals surface area contributed by atoms with Crippen LogP contribution in [-0.2, 0) is 21.2 Å². The van der Waals surface area contributed by atoms with E-state index in [1.54, 1.807) is 24.3 Å². The van der Waals surface area contributed by atoms with Gasteiger partial charge in [0.05, 0.1) is 4.90 Å². The highest BCUT2D eigenvalue weighted by atomic mass is 32.2. The molecule has 1 aliphatic rings. The molecule has 3 aromatic rings. The van der Waals surface area contributed by atoms with E-state index in [4.69, 9.17) is 14.7 Å². The summed E-state index contributed by atoms with van der Waals surface area (Å²) >= 11 is 0. The van der Waals surface area contributed by atoms with E-state index in [9.17, 15) is 26.4 Å². The number of alkyl halides is 3. The monoisotopic (exact) mass is 524 g/mol. The maximum absolute atomic E-state index is 13.4. The first-order chi connectivity index (χ1) is 17.1. The number of carbonyl (C=O) groups is 1. The van der Waals surface area contributed by atoms with Crippen molar-refractivity contribution in [3.05, 3.63) is 83.9 Å². The topological polar surface area (TPSA) is 114 Å². The summed E-state index contributed by atoms with van der Waals surface area (Å²) in [5, 5.41) is 8.87. The minimum absolute atomic E-state index is 0.0211. The van der Waals surface area contributed by atoms with E-state index < -0.39 is 34.5 Å². The van der Waals surface area contributed by atoms with E-state index in [-0.39, 0.29) is 22.9 Å². The summed E-state index contributed by atoms with van der Waals surface area (Å²) in [5.74, 6) is 0.0252. The molecule has 0 bridgehead atoms. The molecule has 2 N–H and O–H groups in total. The first-order valence-electron chi connectivity index (χ1n) is 10.4. The highest BCUT2D eigenvalue weighted by molar-refractivity contribution is 7.89. The Labute approximate surface area is 203 Å². The summed E-state index contributed by atoms with van der Waals surface area (Å²) < 4.78 is 79.2. The number of nitrogens with zero attached hydrogens (tertiary/aromatic N) is 1. The summed E-state index contributed by atoms with van der Waals surface area (Å²) in [6.07, 6.45) is -6.95. The molecule has 0 fully saturated rings. The molecule has 1 heterocycles. The number of hydrogen-bond acceptors (Lipinski definition) is 7. The lowest BCUT2D eigenvalue weighted by atomic mass is 10.00. The van der Waals surface area contributed by atoms with Crippen LogP contribution >= 0.6 is 0 Å². The third-order valence-electron chi connectivity index (χ3n) is 5.22. The van der Waals surface area contributed by atoms with E-state index in [1.807, 2.05) is 0 Å². The molecule has 0 saturated carbocycles. The number of amides is 1. The van der Waals surface area contributed by atoms with Crippen molar-refractivity contribution >= 4 is 16.1 Å². The molecule has 190 valence electrons. The lowest BCUT2D eigenvalue weighted by Gasteiger charge is -2.35. The van der Waals surface area contributed by atoms with E-state index in [1.165, 1.54) is 41.9 Å². The van der Waals surface area contributed by atoms with Gasteiger partial charge in [0.2, 0.25) is 10.0 Å². The van der Waals surface area contributed by atoms with Crippen molar-refractivity contribution in [3.63, 3.8) is 0 Å². The molecule has 1 atom stereocenters. The molecule has 4 rings (SSSR count). The summed E-state index contributed by atoms with van der Waals surface area (Å²) in [6, 6.07) is 16.9.